The van der Waals surface area contributed by atoms with Gasteiger partial charge < -0.3 is 10.2 Å². The van der Waals surface area contributed by atoms with Crippen LogP contribution in [0.15, 0.2) is 42.7 Å². The Bertz CT molecular complexity index is 727. The Kier molecular flexibility index (Phi) is 4.18. The van der Waals surface area contributed by atoms with Gasteiger partial charge in [-0.15, -0.1) is 0 Å². The molecule has 118 valence electrons. The number of pyridine rings is 1. The second-order valence-corrected chi connectivity index (χ2v) is 5.35. The van der Waals surface area contributed by atoms with E-state index in [2.05, 4.69) is 15.2 Å². The fourth-order valence-corrected chi connectivity index (χ4v) is 2.69. The van der Waals surface area contributed by atoms with Crippen molar-refractivity contribution in [1.29, 1.82) is 0 Å². The highest BCUT2D eigenvalue weighted by Crippen LogP contribution is 2.29. The number of aromatic nitrogens is 1. The zero-order valence-electron chi connectivity index (χ0n) is 12.4. The molecule has 1 N–H and O–H groups in total. The number of anilines is 2. The lowest BCUT2D eigenvalue weighted by Crippen LogP contribution is -2.23. The molecule has 0 atom stereocenters. The van der Waals surface area contributed by atoms with E-state index in [1.54, 1.807) is 24.4 Å². The van der Waals surface area contributed by atoms with E-state index in [0.717, 1.165) is 31.6 Å². The molecule has 1 aliphatic heterocycles. The standard InChI is InChI=1S/C16H16N4O3/c21-16(18-12-4-3-7-17-11-12)14-10-13(20(22)23)5-6-15(14)19-8-1-2-9-19/h3-7,10-11H,1-2,8-9H2,(H,18,21). The molecule has 0 unspecified atom stereocenters. The number of hydrogen-bond acceptors (Lipinski definition) is 5. The van der Waals surface area contributed by atoms with Gasteiger partial charge in [0, 0.05) is 31.4 Å². The second-order valence-electron chi connectivity index (χ2n) is 5.35. The van der Waals surface area contributed by atoms with Gasteiger partial charge in [0.25, 0.3) is 11.6 Å². The normalized spacial score (nSPS) is 13.8. The quantitative estimate of drug-likeness (QED) is 0.692. The SMILES string of the molecule is O=C(Nc1cccnc1)c1cc([N+](=O)[O-])ccc1N1CCCC1. The van der Waals surface area contributed by atoms with Crippen molar-refractivity contribution in [3.8, 4) is 0 Å². The summed E-state index contributed by atoms with van der Waals surface area (Å²) in [4.78, 5) is 29.1. The summed E-state index contributed by atoms with van der Waals surface area (Å²) in [5.74, 6) is -0.372. The molecule has 0 spiro atoms. The maximum absolute atomic E-state index is 12.6. The first kappa shape index (κ1) is 15.0. The third kappa shape index (κ3) is 3.28. The highest BCUT2D eigenvalue weighted by molar-refractivity contribution is 6.08. The molecule has 1 fully saturated rings. The van der Waals surface area contributed by atoms with Gasteiger partial charge in [-0.3, -0.25) is 19.9 Å². The molecule has 0 saturated carbocycles. The van der Waals surface area contributed by atoms with Crippen molar-refractivity contribution in [3.63, 3.8) is 0 Å². The molecule has 3 rings (SSSR count). The number of carbonyl (C=O) groups excluding carboxylic acids is 1. The Morgan fingerprint density at radius 1 is 1.26 bits per heavy atom. The number of rotatable bonds is 4. The molecule has 1 saturated heterocycles. The summed E-state index contributed by atoms with van der Waals surface area (Å²) < 4.78 is 0. The molecule has 23 heavy (non-hydrogen) atoms. The molecular formula is C16H16N4O3. The van der Waals surface area contributed by atoms with Crippen molar-refractivity contribution >= 4 is 23.0 Å². The molecule has 0 radical (unpaired) electrons. The molecule has 1 aliphatic rings. The van der Waals surface area contributed by atoms with E-state index in [0.29, 0.717) is 11.3 Å². The van der Waals surface area contributed by atoms with Gasteiger partial charge in [-0.05, 0) is 31.0 Å². The number of benzene rings is 1. The topological polar surface area (TPSA) is 88.4 Å². The summed E-state index contributed by atoms with van der Waals surface area (Å²) in [6, 6.07) is 7.86. The Balaban J connectivity index is 1.95. The van der Waals surface area contributed by atoms with Crippen LogP contribution in [0.1, 0.15) is 23.2 Å². The summed E-state index contributed by atoms with van der Waals surface area (Å²) in [7, 11) is 0. The number of amides is 1. The van der Waals surface area contributed by atoms with E-state index in [9.17, 15) is 14.9 Å². The van der Waals surface area contributed by atoms with Gasteiger partial charge in [0.2, 0.25) is 0 Å². The third-order valence-corrected chi connectivity index (χ3v) is 3.80. The number of nitro groups is 1. The van der Waals surface area contributed by atoms with E-state index in [-0.39, 0.29) is 11.6 Å². The molecule has 1 amide bonds. The van der Waals surface area contributed by atoms with Crippen LogP contribution in [-0.4, -0.2) is 28.9 Å². The lowest BCUT2D eigenvalue weighted by atomic mass is 10.1. The molecule has 7 nitrogen and oxygen atoms in total. The van der Waals surface area contributed by atoms with Gasteiger partial charge >= 0.3 is 0 Å². The number of nitrogens with zero attached hydrogens (tertiary/aromatic N) is 3. The van der Waals surface area contributed by atoms with E-state index in [4.69, 9.17) is 0 Å². The van der Waals surface area contributed by atoms with Gasteiger partial charge in [0.1, 0.15) is 0 Å². The average Bonchev–Trinajstić information content (AvgIpc) is 3.09. The first-order valence-electron chi connectivity index (χ1n) is 7.40. The predicted octanol–water partition coefficient (Wildman–Crippen LogP) is 2.84. The van der Waals surface area contributed by atoms with Crippen molar-refractivity contribution in [1.82, 2.24) is 4.98 Å². The van der Waals surface area contributed by atoms with Gasteiger partial charge in [0.15, 0.2) is 0 Å². The highest BCUT2D eigenvalue weighted by atomic mass is 16.6. The van der Waals surface area contributed by atoms with Crippen molar-refractivity contribution in [3.05, 3.63) is 58.4 Å². The van der Waals surface area contributed by atoms with Crippen LogP contribution in [0.2, 0.25) is 0 Å². The lowest BCUT2D eigenvalue weighted by Gasteiger charge is -2.20. The summed E-state index contributed by atoms with van der Waals surface area (Å²) in [5, 5.41) is 13.8. The Morgan fingerprint density at radius 3 is 2.70 bits per heavy atom. The van der Waals surface area contributed by atoms with Crippen molar-refractivity contribution in [2.75, 3.05) is 23.3 Å². The summed E-state index contributed by atoms with van der Waals surface area (Å²) >= 11 is 0. The van der Waals surface area contributed by atoms with Crippen LogP contribution in [0, 0.1) is 10.1 Å². The first-order chi connectivity index (χ1) is 11.1. The third-order valence-electron chi connectivity index (χ3n) is 3.80. The van der Waals surface area contributed by atoms with Crippen molar-refractivity contribution in [2.45, 2.75) is 12.8 Å². The Morgan fingerprint density at radius 2 is 2.04 bits per heavy atom. The van der Waals surface area contributed by atoms with Crippen LogP contribution in [0.25, 0.3) is 0 Å². The van der Waals surface area contributed by atoms with Crippen LogP contribution in [0.3, 0.4) is 0 Å². The van der Waals surface area contributed by atoms with E-state index in [1.165, 1.54) is 18.3 Å². The minimum absolute atomic E-state index is 0.0933. The average molecular weight is 312 g/mol. The molecule has 0 bridgehead atoms. The Labute approximate surface area is 133 Å². The van der Waals surface area contributed by atoms with Gasteiger partial charge in [0.05, 0.1) is 28.1 Å². The predicted molar refractivity (Wildman–Crippen MR) is 86.7 cm³/mol. The minimum atomic E-state index is -0.491. The van der Waals surface area contributed by atoms with E-state index >= 15 is 0 Å². The maximum atomic E-state index is 12.6. The largest absolute Gasteiger partial charge is 0.371 e. The number of hydrogen-bond donors (Lipinski definition) is 1. The van der Waals surface area contributed by atoms with Crippen LogP contribution < -0.4 is 10.2 Å². The van der Waals surface area contributed by atoms with Crippen LogP contribution in [0.4, 0.5) is 17.1 Å². The molecule has 1 aromatic carbocycles. The van der Waals surface area contributed by atoms with Gasteiger partial charge in [-0.2, -0.15) is 0 Å². The Hall–Kier alpha value is -2.96. The second kappa shape index (κ2) is 6.43. The number of nitrogens with one attached hydrogen (secondary N) is 1. The molecule has 1 aromatic heterocycles. The summed E-state index contributed by atoms with van der Waals surface area (Å²) in [5.41, 5.74) is 1.50. The fraction of sp³-hybridized carbons (Fsp3) is 0.250. The molecule has 2 aromatic rings. The molecule has 2 heterocycles. The number of carbonyl (C=O) groups is 1. The van der Waals surface area contributed by atoms with Crippen LogP contribution >= 0.6 is 0 Å². The van der Waals surface area contributed by atoms with Crippen LogP contribution in [-0.2, 0) is 0 Å². The molecule has 7 heteroatoms. The van der Waals surface area contributed by atoms with E-state index < -0.39 is 4.92 Å². The minimum Gasteiger partial charge on any atom is -0.371 e. The molecule has 0 aliphatic carbocycles. The molecular weight excluding hydrogens is 296 g/mol. The summed E-state index contributed by atoms with van der Waals surface area (Å²) in [6.45, 7) is 1.70. The fourth-order valence-electron chi connectivity index (χ4n) is 2.69. The lowest BCUT2D eigenvalue weighted by molar-refractivity contribution is -0.384. The zero-order valence-corrected chi connectivity index (χ0v) is 12.4. The smallest absolute Gasteiger partial charge is 0.270 e. The van der Waals surface area contributed by atoms with Crippen molar-refractivity contribution < 1.29 is 9.72 Å². The van der Waals surface area contributed by atoms with E-state index in [1.807, 2.05) is 0 Å². The monoisotopic (exact) mass is 312 g/mol. The summed E-state index contributed by atoms with van der Waals surface area (Å²) in [6.07, 6.45) is 5.25. The zero-order chi connectivity index (χ0) is 16.2. The van der Waals surface area contributed by atoms with Crippen LogP contribution in [0.5, 0.6) is 0 Å². The van der Waals surface area contributed by atoms with Gasteiger partial charge in [-0.25, -0.2) is 0 Å². The first-order valence-corrected chi connectivity index (χ1v) is 7.40. The van der Waals surface area contributed by atoms with Gasteiger partial charge in [-0.1, -0.05) is 0 Å². The number of nitro benzene ring substituents is 1. The highest BCUT2D eigenvalue weighted by Gasteiger charge is 2.22. The maximum Gasteiger partial charge on any atom is 0.270 e. The van der Waals surface area contributed by atoms with Crippen molar-refractivity contribution in [2.24, 2.45) is 0 Å². The number of non-ortho nitro benzene ring substituents is 1.